The molecule has 76 valence electrons. The highest BCUT2D eigenvalue weighted by molar-refractivity contribution is 5.75. The summed E-state index contributed by atoms with van der Waals surface area (Å²) in [5.74, 6) is -3.62. The molecule has 1 atom stereocenters. The van der Waals surface area contributed by atoms with Gasteiger partial charge in [0.2, 0.25) is 0 Å². The Bertz CT molecular complexity index is 359. The lowest BCUT2D eigenvalue weighted by atomic mass is 10.1. The molecule has 0 saturated heterocycles. The number of carbonyl (C=O) groups is 1. The van der Waals surface area contributed by atoms with Crippen LogP contribution in [0.4, 0.5) is 14.5 Å². The van der Waals surface area contributed by atoms with Gasteiger partial charge in [0.05, 0.1) is 5.56 Å². The minimum absolute atomic E-state index is 0.124. The minimum atomic E-state index is -1.73. The molecule has 0 radical (unpaired) electrons. The molecule has 1 aromatic carbocycles. The second-order valence-electron chi connectivity index (χ2n) is 2.71. The van der Waals surface area contributed by atoms with Crippen molar-refractivity contribution in [2.24, 2.45) is 5.73 Å². The third-order valence-corrected chi connectivity index (χ3v) is 1.68. The van der Waals surface area contributed by atoms with Crippen molar-refractivity contribution in [2.45, 2.75) is 6.04 Å². The SMILES string of the molecule is Nc1cc(F)c([C@H](N)C(=O)O)c(F)c1. The molecule has 0 unspecified atom stereocenters. The quantitative estimate of drug-likeness (QED) is 0.613. The van der Waals surface area contributed by atoms with Crippen LogP contribution in [0.25, 0.3) is 0 Å². The molecule has 0 saturated carbocycles. The van der Waals surface area contributed by atoms with Crippen molar-refractivity contribution in [3.8, 4) is 0 Å². The molecule has 14 heavy (non-hydrogen) atoms. The lowest BCUT2D eigenvalue weighted by molar-refractivity contribution is -0.138. The first-order valence-electron chi connectivity index (χ1n) is 3.66. The fourth-order valence-corrected chi connectivity index (χ4v) is 1.02. The number of rotatable bonds is 2. The Morgan fingerprint density at radius 2 is 1.79 bits per heavy atom. The third kappa shape index (κ3) is 1.80. The zero-order valence-corrected chi connectivity index (χ0v) is 7.00. The smallest absolute Gasteiger partial charge is 0.325 e. The first-order valence-corrected chi connectivity index (χ1v) is 3.66. The molecule has 0 fully saturated rings. The average molecular weight is 202 g/mol. The summed E-state index contributed by atoms with van der Waals surface area (Å²) in [4.78, 5) is 10.4. The predicted octanol–water partition coefficient (Wildman–Crippen LogP) is 0.631. The highest BCUT2D eigenvalue weighted by Gasteiger charge is 2.22. The molecule has 0 aliphatic heterocycles. The molecular weight excluding hydrogens is 194 g/mol. The van der Waals surface area contributed by atoms with Gasteiger partial charge in [0.1, 0.15) is 17.7 Å². The molecular formula is C8H8F2N2O2. The van der Waals surface area contributed by atoms with E-state index < -0.39 is 29.2 Å². The van der Waals surface area contributed by atoms with E-state index in [0.717, 1.165) is 12.1 Å². The van der Waals surface area contributed by atoms with E-state index in [2.05, 4.69) is 0 Å². The Morgan fingerprint density at radius 1 is 1.36 bits per heavy atom. The van der Waals surface area contributed by atoms with Gasteiger partial charge >= 0.3 is 5.97 Å². The number of hydrogen-bond acceptors (Lipinski definition) is 3. The minimum Gasteiger partial charge on any atom is -0.480 e. The van der Waals surface area contributed by atoms with Gasteiger partial charge in [-0.15, -0.1) is 0 Å². The summed E-state index contributed by atoms with van der Waals surface area (Å²) >= 11 is 0. The molecule has 1 aromatic rings. The van der Waals surface area contributed by atoms with Gasteiger partial charge in [-0.3, -0.25) is 4.79 Å². The van der Waals surface area contributed by atoms with Crippen LogP contribution in [0.1, 0.15) is 11.6 Å². The van der Waals surface area contributed by atoms with Gasteiger partial charge in [-0.05, 0) is 12.1 Å². The number of benzene rings is 1. The Balaban J connectivity index is 3.27. The molecule has 6 heteroatoms. The van der Waals surface area contributed by atoms with Crippen molar-refractivity contribution in [1.29, 1.82) is 0 Å². The maximum Gasteiger partial charge on any atom is 0.325 e. The fourth-order valence-electron chi connectivity index (χ4n) is 1.02. The molecule has 0 bridgehead atoms. The van der Waals surface area contributed by atoms with Gasteiger partial charge in [0.25, 0.3) is 0 Å². The Hall–Kier alpha value is -1.69. The highest BCUT2D eigenvalue weighted by Crippen LogP contribution is 2.21. The van der Waals surface area contributed by atoms with Crippen molar-refractivity contribution in [3.63, 3.8) is 0 Å². The molecule has 0 aliphatic rings. The zero-order chi connectivity index (χ0) is 10.9. The molecule has 0 aliphatic carbocycles. The van der Waals surface area contributed by atoms with Crippen LogP contribution in [0, 0.1) is 11.6 Å². The van der Waals surface area contributed by atoms with Crippen LogP contribution in [0.5, 0.6) is 0 Å². The van der Waals surface area contributed by atoms with E-state index in [-0.39, 0.29) is 5.69 Å². The van der Waals surface area contributed by atoms with Gasteiger partial charge < -0.3 is 16.6 Å². The predicted molar refractivity (Wildman–Crippen MR) is 45.3 cm³/mol. The highest BCUT2D eigenvalue weighted by atomic mass is 19.1. The topological polar surface area (TPSA) is 89.3 Å². The van der Waals surface area contributed by atoms with Crippen LogP contribution in [0.15, 0.2) is 12.1 Å². The van der Waals surface area contributed by atoms with Crippen LogP contribution in [0.3, 0.4) is 0 Å². The number of nitrogen functional groups attached to an aromatic ring is 1. The Kier molecular flexibility index (Phi) is 2.66. The van der Waals surface area contributed by atoms with E-state index in [1.54, 1.807) is 0 Å². The second kappa shape index (κ2) is 3.59. The standard InChI is InChI=1S/C8H8F2N2O2/c9-4-1-3(11)2-5(10)6(4)7(12)8(13)14/h1-2,7H,11-12H2,(H,13,14)/t7-/m0/s1. The van der Waals surface area contributed by atoms with Crippen LogP contribution >= 0.6 is 0 Å². The number of hydrogen-bond donors (Lipinski definition) is 3. The number of carboxylic acids is 1. The van der Waals surface area contributed by atoms with Gasteiger partial charge in [-0.2, -0.15) is 0 Å². The molecule has 0 aromatic heterocycles. The van der Waals surface area contributed by atoms with Crippen molar-refractivity contribution >= 4 is 11.7 Å². The zero-order valence-electron chi connectivity index (χ0n) is 7.00. The number of halogens is 2. The van der Waals surface area contributed by atoms with E-state index in [0.29, 0.717) is 0 Å². The molecule has 0 heterocycles. The van der Waals surface area contributed by atoms with Crippen LogP contribution < -0.4 is 11.5 Å². The van der Waals surface area contributed by atoms with Crippen molar-refractivity contribution in [3.05, 3.63) is 29.3 Å². The van der Waals surface area contributed by atoms with E-state index in [9.17, 15) is 13.6 Å². The van der Waals surface area contributed by atoms with Crippen molar-refractivity contribution in [2.75, 3.05) is 5.73 Å². The molecule has 5 N–H and O–H groups in total. The Labute approximate surface area is 78.1 Å². The van der Waals surface area contributed by atoms with Gasteiger partial charge in [0.15, 0.2) is 0 Å². The van der Waals surface area contributed by atoms with E-state index >= 15 is 0 Å². The Morgan fingerprint density at radius 3 is 2.14 bits per heavy atom. The van der Waals surface area contributed by atoms with Crippen LogP contribution in [-0.2, 0) is 4.79 Å². The second-order valence-corrected chi connectivity index (χ2v) is 2.71. The first kappa shape index (κ1) is 10.4. The van der Waals surface area contributed by atoms with Crippen molar-refractivity contribution < 1.29 is 18.7 Å². The lowest BCUT2D eigenvalue weighted by Gasteiger charge is -2.09. The van der Waals surface area contributed by atoms with E-state index in [1.165, 1.54) is 0 Å². The molecule has 0 amide bonds. The van der Waals surface area contributed by atoms with Crippen LogP contribution in [-0.4, -0.2) is 11.1 Å². The number of aliphatic carboxylic acids is 1. The number of anilines is 1. The fraction of sp³-hybridized carbons (Fsp3) is 0.125. The summed E-state index contributed by atoms with van der Waals surface area (Å²) in [5.41, 5.74) is 9.39. The van der Waals surface area contributed by atoms with E-state index in [1.807, 2.05) is 0 Å². The van der Waals surface area contributed by atoms with Crippen molar-refractivity contribution in [1.82, 2.24) is 0 Å². The monoisotopic (exact) mass is 202 g/mol. The third-order valence-electron chi connectivity index (χ3n) is 1.68. The van der Waals surface area contributed by atoms with Crippen LogP contribution in [0.2, 0.25) is 0 Å². The summed E-state index contributed by atoms with van der Waals surface area (Å²) in [6, 6.07) is -0.0850. The number of carboxylic acid groups (broad SMARTS) is 1. The molecule has 0 spiro atoms. The average Bonchev–Trinajstić information content (AvgIpc) is 2.01. The summed E-state index contributed by atoms with van der Waals surface area (Å²) in [5, 5.41) is 8.46. The summed E-state index contributed by atoms with van der Waals surface area (Å²) in [6.45, 7) is 0. The molecule has 1 rings (SSSR count). The summed E-state index contributed by atoms with van der Waals surface area (Å²) in [7, 11) is 0. The largest absolute Gasteiger partial charge is 0.480 e. The van der Waals surface area contributed by atoms with E-state index in [4.69, 9.17) is 16.6 Å². The van der Waals surface area contributed by atoms with Gasteiger partial charge in [0, 0.05) is 5.69 Å². The van der Waals surface area contributed by atoms with Gasteiger partial charge in [-0.25, -0.2) is 8.78 Å². The summed E-state index contributed by atoms with van der Waals surface area (Å²) < 4.78 is 26.1. The maximum absolute atomic E-state index is 13.1. The lowest BCUT2D eigenvalue weighted by Crippen LogP contribution is -2.23. The summed E-state index contributed by atoms with van der Waals surface area (Å²) in [6.07, 6.45) is 0. The first-order chi connectivity index (χ1) is 6.43. The van der Waals surface area contributed by atoms with Gasteiger partial charge in [-0.1, -0.05) is 0 Å². The number of nitrogens with two attached hydrogens (primary N) is 2. The maximum atomic E-state index is 13.1. The molecule has 4 nitrogen and oxygen atoms in total. The normalized spacial score (nSPS) is 12.5.